The molecule has 0 atom stereocenters. The van der Waals surface area contributed by atoms with Crippen molar-refractivity contribution in [1.29, 1.82) is 0 Å². The maximum absolute atomic E-state index is 11.0. The Balaban J connectivity index is 2.68. The van der Waals surface area contributed by atoms with Crippen molar-refractivity contribution < 1.29 is 0 Å². The molecule has 0 bridgehead atoms. The minimum Gasteiger partial charge on any atom is -0.312 e. The number of hydrogen-bond acceptors (Lipinski definition) is 3. The summed E-state index contributed by atoms with van der Waals surface area (Å²) in [7, 11) is 0. The highest BCUT2D eigenvalue weighted by Gasteiger charge is 2.04. The van der Waals surface area contributed by atoms with Gasteiger partial charge in [0.2, 0.25) is 0 Å². The second-order valence-electron chi connectivity index (χ2n) is 3.27. The normalized spacial score (nSPS) is 11.3. The summed E-state index contributed by atoms with van der Waals surface area (Å²) >= 11 is 1.20. The lowest BCUT2D eigenvalue weighted by molar-refractivity contribution is 0.826. The average molecular weight is 194 g/mol. The molecule has 0 amide bonds. The van der Waals surface area contributed by atoms with Crippen LogP contribution in [-0.4, -0.2) is 9.97 Å². The van der Waals surface area contributed by atoms with Crippen molar-refractivity contribution in [2.75, 3.05) is 0 Å². The molecule has 0 radical (unpaired) electrons. The first-order valence-corrected chi connectivity index (χ1v) is 4.97. The number of rotatable bonds is 1. The number of fused-ring (bicyclic) bond motifs is 1. The Morgan fingerprint density at radius 3 is 3.00 bits per heavy atom. The van der Waals surface area contributed by atoms with Gasteiger partial charge in [-0.3, -0.25) is 9.78 Å². The first-order chi connectivity index (χ1) is 6.16. The number of pyridine rings is 1. The van der Waals surface area contributed by atoms with Gasteiger partial charge in [-0.1, -0.05) is 25.2 Å². The molecule has 68 valence electrons. The molecular weight excluding hydrogens is 184 g/mol. The van der Waals surface area contributed by atoms with Crippen molar-refractivity contribution in [1.82, 2.24) is 9.97 Å². The Hall–Kier alpha value is -1.16. The predicted molar refractivity (Wildman–Crippen MR) is 54.3 cm³/mol. The number of nitrogens with one attached hydrogen (secondary N) is 1. The number of thiazole rings is 1. The van der Waals surface area contributed by atoms with E-state index in [1.54, 1.807) is 6.20 Å². The predicted octanol–water partition coefficient (Wildman–Crippen LogP) is 2.11. The molecule has 4 heteroatoms. The van der Waals surface area contributed by atoms with Gasteiger partial charge in [-0.2, -0.15) is 0 Å². The first kappa shape index (κ1) is 8.44. The summed E-state index contributed by atoms with van der Waals surface area (Å²) in [4.78, 5) is 18.0. The zero-order valence-corrected chi connectivity index (χ0v) is 8.31. The van der Waals surface area contributed by atoms with E-state index in [2.05, 4.69) is 23.8 Å². The lowest BCUT2D eigenvalue weighted by Gasteiger charge is -2.02. The molecule has 1 N–H and O–H groups in total. The second-order valence-corrected chi connectivity index (χ2v) is 4.29. The molecule has 2 aromatic rings. The molecule has 2 heterocycles. The highest BCUT2D eigenvalue weighted by molar-refractivity contribution is 7.16. The maximum Gasteiger partial charge on any atom is 0.305 e. The fourth-order valence-electron chi connectivity index (χ4n) is 1.19. The molecule has 13 heavy (non-hydrogen) atoms. The molecule has 0 saturated heterocycles. The van der Waals surface area contributed by atoms with Gasteiger partial charge >= 0.3 is 4.87 Å². The molecule has 0 aliphatic carbocycles. The van der Waals surface area contributed by atoms with Gasteiger partial charge in [0, 0.05) is 11.9 Å². The molecule has 2 aromatic heterocycles. The Kier molecular flexibility index (Phi) is 1.92. The zero-order chi connectivity index (χ0) is 9.42. The molecule has 0 unspecified atom stereocenters. The van der Waals surface area contributed by atoms with Crippen molar-refractivity contribution in [3.63, 3.8) is 0 Å². The van der Waals surface area contributed by atoms with Crippen molar-refractivity contribution in [3.05, 3.63) is 27.6 Å². The summed E-state index contributed by atoms with van der Waals surface area (Å²) in [6.07, 6.45) is 1.76. The molecular formula is C9H10N2OS. The van der Waals surface area contributed by atoms with Crippen LogP contribution in [0.4, 0.5) is 0 Å². The van der Waals surface area contributed by atoms with Crippen LogP contribution in [0.2, 0.25) is 0 Å². The topological polar surface area (TPSA) is 45.8 Å². The Morgan fingerprint density at radius 2 is 2.31 bits per heavy atom. The van der Waals surface area contributed by atoms with Crippen LogP contribution in [0.1, 0.15) is 25.5 Å². The third kappa shape index (κ3) is 1.49. The zero-order valence-electron chi connectivity index (χ0n) is 7.50. The van der Waals surface area contributed by atoms with Crippen LogP contribution < -0.4 is 4.87 Å². The van der Waals surface area contributed by atoms with E-state index in [4.69, 9.17) is 0 Å². The number of aromatic nitrogens is 2. The van der Waals surface area contributed by atoms with E-state index < -0.39 is 0 Å². The quantitative estimate of drug-likeness (QED) is 0.755. The van der Waals surface area contributed by atoms with Gasteiger partial charge in [0.1, 0.15) is 0 Å². The van der Waals surface area contributed by atoms with Crippen molar-refractivity contribution in [3.8, 4) is 0 Å². The summed E-state index contributed by atoms with van der Waals surface area (Å²) in [6.45, 7) is 4.16. The molecule has 0 aliphatic rings. The molecule has 0 saturated carbocycles. The molecule has 0 spiro atoms. The molecule has 2 rings (SSSR count). The highest BCUT2D eigenvalue weighted by atomic mass is 32.1. The summed E-state index contributed by atoms with van der Waals surface area (Å²) in [5.41, 5.74) is 1.91. The van der Waals surface area contributed by atoms with Crippen molar-refractivity contribution in [2.45, 2.75) is 19.8 Å². The molecule has 0 aliphatic heterocycles. The van der Waals surface area contributed by atoms with E-state index in [1.807, 2.05) is 6.07 Å². The van der Waals surface area contributed by atoms with E-state index in [0.29, 0.717) is 5.92 Å². The van der Waals surface area contributed by atoms with Crippen molar-refractivity contribution >= 4 is 21.6 Å². The summed E-state index contributed by atoms with van der Waals surface area (Å²) in [5, 5.41) is 0. The fraction of sp³-hybridized carbons (Fsp3) is 0.333. The van der Waals surface area contributed by atoms with Crippen LogP contribution in [0.15, 0.2) is 17.1 Å². The Labute approximate surface area is 79.4 Å². The van der Waals surface area contributed by atoms with Gasteiger partial charge in [-0.15, -0.1) is 0 Å². The van der Waals surface area contributed by atoms with Crippen LogP contribution >= 0.6 is 11.3 Å². The van der Waals surface area contributed by atoms with Crippen LogP contribution in [-0.2, 0) is 0 Å². The number of aromatic amines is 1. The lowest BCUT2D eigenvalue weighted by atomic mass is 10.1. The Bertz CT molecular complexity index is 484. The second kappa shape index (κ2) is 2.96. The van der Waals surface area contributed by atoms with Crippen LogP contribution in [0.25, 0.3) is 10.2 Å². The van der Waals surface area contributed by atoms with Gasteiger partial charge < -0.3 is 4.98 Å². The molecule has 0 fully saturated rings. The van der Waals surface area contributed by atoms with E-state index in [1.165, 1.54) is 11.3 Å². The Morgan fingerprint density at radius 1 is 1.54 bits per heavy atom. The van der Waals surface area contributed by atoms with Gasteiger partial charge in [-0.25, -0.2) is 0 Å². The van der Waals surface area contributed by atoms with Gasteiger partial charge in [0.15, 0.2) is 0 Å². The van der Waals surface area contributed by atoms with Gasteiger partial charge in [0.05, 0.1) is 10.2 Å². The van der Waals surface area contributed by atoms with Crippen LogP contribution in [0, 0.1) is 0 Å². The smallest absolute Gasteiger partial charge is 0.305 e. The van der Waals surface area contributed by atoms with E-state index in [-0.39, 0.29) is 4.87 Å². The number of hydrogen-bond donors (Lipinski definition) is 1. The fourth-order valence-corrected chi connectivity index (χ4v) is 1.88. The minimum atomic E-state index is -0.0160. The highest BCUT2D eigenvalue weighted by Crippen LogP contribution is 2.18. The monoisotopic (exact) mass is 194 g/mol. The van der Waals surface area contributed by atoms with E-state index in [9.17, 15) is 4.79 Å². The van der Waals surface area contributed by atoms with Crippen molar-refractivity contribution in [2.24, 2.45) is 0 Å². The average Bonchev–Trinajstić information content (AvgIpc) is 2.42. The van der Waals surface area contributed by atoms with Gasteiger partial charge in [0.25, 0.3) is 0 Å². The maximum atomic E-state index is 11.0. The summed E-state index contributed by atoms with van der Waals surface area (Å²) < 4.78 is 0.925. The summed E-state index contributed by atoms with van der Waals surface area (Å²) in [6, 6.07) is 1.94. The third-order valence-electron chi connectivity index (χ3n) is 1.92. The standard InChI is InChI=1S/C9H10N2OS/c1-5(2)6-3-7-8(4-10-6)13-9(12)11-7/h3-5H,1-2H3,(H,11,12). The largest absolute Gasteiger partial charge is 0.312 e. The molecule has 3 nitrogen and oxygen atoms in total. The van der Waals surface area contributed by atoms with Crippen LogP contribution in [0.3, 0.4) is 0 Å². The lowest BCUT2D eigenvalue weighted by Crippen LogP contribution is -1.92. The SMILES string of the molecule is CC(C)c1cc2[nH]c(=O)sc2cn1. The van der Waals surface area contributed by atoms with Gasteiger partial charge in [-0.05, 0) is 12.0 Å². The molecule has 0 aromatic carbocycles. The minimum absolute atomic E-state index is 0.0160. The number of nitrogens with zero attached hydrogens (tertiary/aromatic N) is 1. The van der Waals surface area contributed by atoms with E-state index in [0.717, 1.165) is 15.9 Å². The third-order valence-corrected chi connectivity index (χ3v) is 2.75. The van der Waals surface area contributed by atoms with E-state index >= 15 is 0 Å². The van der Waals surface area contributed by atoms with Crippen LogP contribution in [0.5, 0.6) is 0 Å². The number of H-pyrrole nitrogens is 1. The first-order valence-electron chi connectivity index (χ1n) is 4.15. The summed E-state index contributed by atoms with van der Waals surface area (Å²) in [5.74, 6) is 0.396.